The van der Waals surface area contributed by atoms with Gasteiger partial charge in [-0.2, -0.15) is 5.10 Å². The number of pyridine rings is 1. The summed E-state index contributed by atoms with van der Waals surface area (Å²) in [5.41, 5.74) is 3.54. The fourth-order valence-electron chi connectivity index (χ4n) is 3.16. The molecule has 0 aliphatic carbocycles. The van der Waals surface area contributed by atoms with E-state index in [4.69, 9.17) is 10.1 Å². The van der Waals surface area contributed by atoms with Crippen molar-refractivity contribution in [1.29, 1.82) is 0 Å². The number of hydrogen-bond acceptors (Lipinski definition) is 5. The number of carbonyl (C=O) groups is 1. The Kier molecular flexibility index (Phi) is 6.23. The van der Waals surface area contributed by atoms with Crippen LogP contribution in [0.4, 0.5) is 0 Å². The predicted molar refractivity (Wildman–Crippen MR) is 116 cm³/mol. The summed E-state index contributed by atoms with van der Waals surface area (Å²) in [7, 11) is -3.57. The standard InChI is InChI=1S/C21H27N5O3S/c1-13(2)19-9-17(18-11-24-26(14(3)4)20(18)25-19)21(27)23-10-15-5-7-16(8-6-15)12-30(22,28)29/h5-9,11,13-14H,10,12H2,1-4H3,(H,23,27)(H2,22,28,29). The number of carbonyl (C=O) groups excluding carboxylic acids is 1. The number of hydrogen-bond donors (Lipinski definition) is 2. The van der Waals surface area contributed by atoms with Gasteiger partial charge in [-0.1, -0.05) is 38.1 Å². The Balaban J connectivity index is 1.83. The van der Waals surface area contributed by atoms with Crippen molar-refractivity contribution in [2.45, 2.75) is 52.0 Å². The maximum absolute atomic E-state index is 13.0. The van der Waals surface area contributed by atoms with E-state index in [-0.39, 0.29) is 23.6 Å². The van der Waals surface area contributed by atoms with Gasteiger partial charge in [0.2, 0.25) is 10.0 Å². The quantitative estimate of drug-likeness (QED) is 0.598. The second-order valence-corrected chi connectivity index (χ2v) is 9.59. The topological polar surface area (TPSA) is 120 Å². The van der Waals surface area contributed by atoms with E-state index in [1.807, 2.05) is 38.4 Å². The number of fused-ring (bicyclic) bond motifs is 1. The molecule has 0 fully saturated rings. The van der Waals surface area contributed by atoms with E-state index >= 15 is 0 Å². The molecule has 8 nitrogen and oxygen atoms in total. The lowest BCUT2D eigenvalue weighted by Crippen LogP contribution is -2.23. The number of amides is 1. The fourth-order valence-corrected chi connectivity index (χ4v) is 3.82. The van der Waals surface area contributed by atoms with Crippen molar-refractivity contribution in [1.82, 2.24) is 20.1 Å². The van der Waals surface area contributed by atoms with Crippen molar-refractivity contribution in [3.05, 3.63) is 58.9 Å². The van der Waals surface area contributed by atoms with Gasteiger partial charge in [0.1, 0.15) is 0 Å². The van der Waals surface area contributed by atoms with Gasteiger partial charge in [0.05, 0.1) is 22.9 Å². The molecular weight excluding hydrogens is 402 g/mol. The minimum absolute atomic E-state index is 0.129. The van der Waals surface area contributed by atoms with Gasteiger partial charge in [-0.15, -0.1) is 0 Å². The second-order valence-electron chi connectivity index (χ2n) is 7.98. The van der Waals surface area contributed by atoms with Crippen LogP contribution in [0.1, 0.15) is 66.8 Å². The van der Waals surface area contributed by atoms with Crippen LogP contribution in [0.2, 0.25) is 0 Å². The van der Waals surface area contributed by atoms with E-state index in [2.05, 4.69) is 10.4 Å². The van der Waals surface area contributed by atoms with Crippen molar-refractivity contribution in [2.75, 3.05) is 0 Å². The van der Waals surface area contributed by atoms with Gasteiger partial charge >= 0.3 is 0 Å². The van der Waals surface area contributed by atoms with Gasteiger partial charge < -0.3 is 5.32 Å². The highest BCUT2D eigenvalue weighted by Crippen LogP contribution is 2.24. The smallest absolute Gasteiger partial charge is 0.252 e. The lowest BCUT2D eigenvalue weighted by atomic mass is 10.0. The molecule has 0 atom stereocenters. The summed E-state index contributed by atoms with van der Waals surface area (Å²) in [6, 6.07) is 8.90. The van der Waals surface area contributed by atoms with E-state index in [1.165, 1.54) is 0 Å². The van der Waals surface area contributed by atoms with Crippen molar-refractivity contribution in [3.8, 4) is 0 Å². The molecule has 2 aromatic heterocycles. The summed E-state index contributed by atoms with van der Waals surface area (Å²) in [6.07, 6.45) is 1.68. The van der Waals surface area contributed by atoms with Crippen LogP contribution in [0.25, 0.3) is 11.0 Å². The average Bonchev–Trinajstić information content (AvgIpc) is 3.09. The molecule has 0 saturated carbocycles. The first-order valence-corrected chi connectivity index (χ1v) is 11.5. The second kappa shape index (κ2) is 8.53. The summed E-state index contributed by atoms with van der Waals surface area (Å²) >= 11 is 0. The largest absolute Gasteiger partial charge is 0.348 e. The van der Waals surface area contributed by atoms with Crippen LogP contribution in [0.15, 0.2) is 36.5 Å². The molecule has 0 aliphatic rings. The Hall–Kier alpha value is -2.78. The van der Waals surface area contributed by atoms with Gasteiger partial charge in [-0.3, -0.25) is 4.79 Å². The van der Waals surface area contributed by atoms with Crippen molar-refractivity contribution >= 4 is 27.0 Å². The van der Waals surface area contributed by atoms with Gasteiger partial charge in [-0.05, 0) is 37.0 Å². The molecule has 3 N–H and O–H groups in total. The van der Waals surface area contributed by atoms with Gasteiger partial charge in [0.25, 0.3) is 5.91 Å². The van der Waals surface area contributed by atoms with E-state index in [0.29, 0.717) is 28.7 Å². The van der Waals surface area contributed by atoms with Crippen molar-refractivity contribution < 1.29 is 13.2 Å². The highest BCUT2D eigenvalue weighted by molar-refractivity contribution is 7.88. The van der Waals surface area contributed by atoms with Crippen LogP contribution in [-0.2, 0) is 22.3 Å². The van der Waals surface area contributed by atoms with Crippen molar-refractivity contribution in [3.63, 3.8) is 0 Å². The molecule has 2 heterocycles. The molecule has 3 aromatic rings. The summed E-state index contributed by atoms with van der Waals surface area (Å²) < 4.78 is 24.2. The van der Waals surface area contributed by atoms with Crippen LogP contribution in [0.3, 0.4) is 0 Å². The zero-order valence-electron chi connectivity index (χ0n) is 17.6. The number of rotatable bonds is 7. The maximum atomic E-state index is 13.0. The third-order valence-electron chi connectivity index (χ3n) is 4.76. The number of nitrogens with zero attached hydrogens (tertiary/aromatic N) is 3. The molecule has 1 amide bonds. The van der Waals surface area contributed by atoms with Crippen LogP contribution >= 0.6 is 0 Å². The van der Waals surface area contributed by atoms with E-state index in [9.17, 15) is 13.2 Å². The molecule has 0 unspecified atom stereocenters. The Bertz CT molecular complexity index is 1170. The minimum atomic E-state index is -3.57. The summed E-state index contributed by atoms with van der Waals surface area (Å²) in [5, 5.41) is 13.1. The maximum Gasteiger partial charge on any atom is 0.252 e. The first-order valence-electron chi connectivity index (χ1n) is 9.80. The number of aromatic nitrogens is 3. The molecule has 0 spiro atoms. The minimum Gasteiger partial charge on any atom is -0.348 e. The highest BCUT2D eigenvalue weighted by atomic mass is 32.2. The van der Waals surface area contributed by atoms with E-state index in [1.54, 1.807) is 30.5 Å². The van der Waals surface area contributed by atoms with Crippen LogP contribution in [-0.4, -0.2) is 29.1 Å². The summed E-state index contributed by atoms with van der Waals surface area (Å²) in [6.45, 7) is 8.43. The Morgan fingerprint density at radius 1 is 1.13 bits per heavy atom. The lowest BCUT2D eigenvalue weighted by molar-refractivity contribution is 0.0952. The van der Waals surface area contributed by atoms with Gasteiger partial charge in [0.15, 0.2) is 5.65 Å². The average molecular weight is 430 g/mol. The molecule has 0 radical (unpaired) electrons. The first-order chi connectivity index (χ1) is 14.0. The molecule has 30 heavy (non-hydrogen) atoms. The summed E-state index contributed by atoms with van der Waals surface area (Å²) in [4.78, 5) is 17.7. The fraction of sp³-hybridized carbons (Fsp3) is 0.381. The predicted octanol–water partition coefficient (Wildman–Crippen LogP) is 2.85. The number of primary sulfonamides is 1. The van der Waals surface area contributed by atoms with Crippen LogP contribution < -0.4 is 10.5 Å². The van der Waals surface area contributed by atoms with Gasteiger partial charge in [-0.25, -0.2) is 23.2 Å². The SMILES string of the molecule is CC(C)c1cc(C(=O)NCc2ccc(CS(N)(=O)=O)cc2)c2cnn(C(C)C)c2n1. The zero-order valence-corrected chi connectivity index (χ0v) is 18.4. The normalized spacial score (nSPS) is 12.1. The molecule has 1 aromatic carbocycles. The third-order valence-corrected chi connectivity index (χ3v) is 5.49. The zero-order chi connectivity index (χ0) is 22.1. The highest BCUT2D eigenvalue weighted by Gasteiger charge is 2.18. The molecule has 3 rings (SSSR count). The summed E-state index contributed by atoms with van der Waals surface area (Å²) in [5.74, 6) is -0.254. The Labute approximate surface area is 176 Å². The molecule has 0 bridgehead atoms. The van der Waals surface area contributed by atoms with Crippen molar-refractivity contribution in [2.24, 2.45) is 5.14 Å². The molecule has 160 valence electrons. The number of nitrogens with two attached hydrogens (primary N) is 1. The number of benzene rings is 1. The van der Waals surface area contributed by atoms with Gasteiger partial charge in [0, 0.05) is 18.3 Å². The molecule has 9 heteroatoms. The van der Waals surface area contributed by atoms with E-state index < -0.39 is 10.0 Å². The monoisotopic (exact) mass is 429 g/mol. The van der Waals surface area contributed by atoms with Crippen LogP contribution in [0, 0.1) is 0 Å². The van der Waals surface area contributed by atoms with Crippen LogP contribution in [0.5, 0.6) is 0 Å². The number of sulfonamides is 1. The Morgan fingerprint density at radius 3 is 2.33 bits per heavy atom. The third kappa shape index (κ3) is 5.03. The Morgan fingerprint density at radius 2 is 1.77 bits per heavy atom. The lowest BCUT2D eigenvalue weighted by Gasteiger charge is -2.12. The van der Waals surface area contributed by atoms with E-state index in [0.717, 1.165) is 11.3 Å². The molecular formula is C21H27N5O3S. The molecule has 0 aliphatic heterocycles. The number of nitrogens with one attached hydrogen (secondary N) is 1. The molecule has 0 saturated heterocycles. The first kappa shape index (κ1) is 21.9.